The van der Waals surface area contributed by atoms with Gasteiger partial charge in [-0.05, 0) is 69.9 Å². The van der Waals surface area contributed by atoms with Crippen molar-refractivity contribution < 1.29 is 18.0 Å². The molecule has 3 rings (SSSR count). The maximum absolute atomic E-state index is 12.9. The van der Waals surface area contributed by atoms with Gasteiger partial charge in [-0.2, -0.15) is 4.31 Å². The molecule has 2 N–H and O–H groups in total. The van der Waals surface area contributed by atoms with E-state index in [0.717, 1.165) is 24.8 Å². The molecule has 0 radical (unpaired) electrons. The van der Waals surface area contributed by atoms with Crippen molar-refractivity contribution in [2.24, 2.45) is 11.8 Å². The lowest BCUT2D eigenvalue weighted by molar-refractivity contribution is -0.132. The second-order valence-corrected chi connectivity index (χ2v) is 11.8. The van der Waals surface area contributed by atoms with Gasteiger partial charge in [-0.15, -0.1) is 0 Å². The molecule has 0 spiro atoms. The predicted octanol–water partition coefficient (Wildman–Crippen LogP) is 3.54. The first-order valence-electron chi connectivity index (χ1n) is 12.5. The van der Waals surface area contributed by atoms with E-state index in [2.05, 4.69) is 16.7 Å². The number of hydrogen-bond donors (Lipinski definition) is 2. The molecule has 1 saturated heterocycles. The summed E-state index contributed by atoms with van der Waals surface area (Å²) < 4.78 is 27.3. The zero-order chi connectivity index (χ0) is 24.7. The fourth-order valence-electron chi connectivity index (χ4n) is 4.61. The van der Waals surface area contributed by atoms with E-state index in [1.807, 2.05) is 20.8 Å². The topological polar surface area (TPSA) is 95.6 Å². The van der Waals surface area contributed by atoms with E-state index in [4.69, 9.17) is 0 Å². The van der Waals surface area contributed by atoms with Crippen LogP contribution in [0.1, 0.15) is 64.4 Å². The normalized spacial score (nSPS) is 18.9. The quantitative estimate of drug-likeness (QED) is 0.519. The maximum Gasteiger partial charge on any atom is 0.243 e. The van der Waals surface area contributed by atoms with Crippen LogP contribution < -0.4 is 10.6 Å². The molecule has 0 bridgehead atoms. The monoisotopic (exact) mass is 489 g/mol. The first kappa shape index (κ1) is 26.4. The summed E-state index contributed by atoms with van der Waals surface area (Å²) in [6, 6.07) is 6.23. The van der Waals surface area contributed by atoms with E-state index < -0.39 is 16.1 Å². The van der Waals surface area contributed by atoms with Crippen LogP contribution in [-0.2, 0) is 19.6 Å². The number of hydrogen-bond acceptors (Lipinski definition) is 4. The number of rotatable bonds is 9. The summed E-state index contributed by atoms with van der Waals surface area (Å²) in [7, 11) is -3.56. The number of carbonyl (C=O) groups excluding carboxylic acids is 2. The van der Waals surface area contributed by atoms with Gasteiger partial charge in [0.05, 0.1) is 4.90 Å². The largest absolute Gasteiger partial charge is 0.354 e. The van der Waals surface area contributed by atoms with E-state index >= 15 is 0 Å². The second kappa shape index (κ2) is 12.0. The van der Waals surface area contributed by atoms with Gasteiger partial charge < -0.3 is 10.6 Å². The molecular weight excluding hydrogens is 450 g/mol. The minimum Gasteiger partial charge on any atom is -0.354 e. The third-order valence-corrected chi connectivity index (χ3v) is 8.77. The number of nitrogens with one attached hydrogen (secondary N) is 2. The minimum atomic E-state index is -3.56. The van der Waals surface area contributed by atoms with Gasteiger partial charge in [0.25, 0.3) is 0 Å². The number of nitrogens with zero attached hydrogens (tertiary/aromatic N) is 1. The van der Waals surface area contributed by atoms with Gasteiger partial charge in [-0.25, -0.2) is 8.42 Å². The fraction of sp³-hybridized carbons (Fsp3) is 0.615. The first-order valence-corrected chi connectivity index (χ1v) is 14.0. The van der Waals surface area contributed by atoms with Gasteiger partial charge in [0.15, 0.2) is 0 Å². The molecule has 1 fully saturated rings. The number of sulfonamides is 1. The highest BCUT2D eigenvalue weighted by Crippen LogP contribution is 2.25. The second-order valence-electron chi connectivity index (χ2n) is 9.87. The fourth-order valence-corrected chi connectivity index (χ4v) is 6.08. The van der Waals surface area contributed by atoms with Crippen LogP contribution in [0, 0.1) is 18.8 Å². The summed E-state index contributed by atoms with van der Waals surface area (Å²) in [5.74, 6) is -0.666. The summed E-state index contributed by atoms with van der Waals surface area (Å²) in [5, 5.41) is 5.92. The Hall–Kier alpha value is -2.19. The number of carbonyl (C=O) groups is 2. The lowest BCUT2D eigenvalue weighted by Gasteiger charge is -2.32. The van der Waals surface area contributed by atoms with Crippen molar-refractivity contribution in [2.45, 2.75) is 76.7 Å². The summed E-state index contributed by atoms with van der Waals surface area (Å²) in [6.07, 6.45) is 8.72. The molecule has 1 aromatic carbocycles. The van der Waals surface area contributed by atoms with Crippen molar-refractivity contribution in [3.05, 3.63) is 41.5 Å². The highest BCUT2D eigenvalue weighted by molar-refractivity contribution is 7.89. The van der Waals surface area contributed by atoms with Crippen LogP contribution in [-0.4, -0.2) is 50.2 Å². The number of allylic oxidation sites excluding steroid dienone is 1. The van der Waals surface area contributed by atoms with Crippen LogP contribution in [0.4, 0.5) is 0 Å². The maximum atomic E-state index is 12.9. The summed E-state index contributed by atoms with van der Waals surface area (Å²) in [5.41, 5.74) is 2.41. The number of piperidine rings is 1. The number of aryl methyl sites for hydroxylation is 1. The van der Waals surface area contributed by atoms with Crippen LogP contribution in [0.25, 0.3) is 0 Å². The molecule has 0 aromatic heterocycles. The zero-order valence-corrected chi connectivity index (χ0v) is 21.5. The summed E-state index contributed by atoms with van der Waals surface area (Å²) >= 11 is 0. The molecule has 0 saturated carbocycles. The van der Waals surface area contributed by atoms with E-state index in [1.54, 1.807) is 24.3 Å². The molecule has 7 nitrogen and oxygen atoms in total. The first-order chi connectivity index (χ1) is 16.2. The number of benzene rings is 1. The Bertz CT molecular complexity index is 978. The molecule has 34 heavy (non-hydrogen) atoms. The summed E-state index contributed by atoms with van der Waals surface area (Å²) in [6.45, 7) is 6.93. The van der Waals surface area contributed by atoms with Crippen LogP contribution >= 0.6 is 0 Å². The van der Waals surface area contributed by atoms with Gasteiger partial charge in [-0.1, -0.05) is 43.2 Å². The van der Waals surface area contributed by atoms with Crippen LogP contribution in [0.2, 0.25) is 0 Å². The third kappa shape index (κ3) is 6.92. The standard InChI is InChI=1S/C26H39N3O4S/c1-19(2)24(26(31)27-16-13-21-7-5-4-6-8-21)28-25(30)22-14-17-29(18-15-22)34(32,33)23-11-9-20(3)10-12-23/h7,9-12,19,22,24H,4-6,8,13-18H2,1-3H3,(H,27,31)(H,28,30)/t24-/m1/s1. The molecule has 8 heteroatoms. The molecule has 188 valence electrons. The van der Waals surface area contributed by atoms with Crippen molar-refractivity contribution in [3.8, 4) is 0 Å². The van der Waals surface area contributed by atoms with Crippen molar-refractivity contribution in [3.63, 3.8) is 0 Å². The predicted molar refractivity (Wildman–Crippen MR) is 134 cm³/mol. The van der Waals surface area contributed by atoms with E-state index in [-0.39, 0.29) is 28.5 Å². The van der Waals surface area contributed by atoms with E-state index in [0.29, 0.717) is 32.5 Å². The van der Waals surface area contributed by atoms with Gasteiger partial charge in [0.2, 0.25) is 21.8 Å². The third-order valence-electron chi connectivity index (χ3n) is 6.86. The Balaban J connectivity index is 1.50. The van der Waals surface area contributed by atoms with Crippen molar-refractivity contribution in [2.75, 3.05) is 19.6 Å². The Kier molecular flexibility index (Phi) is 9.31. The van der Waals surface area contributed by atoms with Crippen LogP contribution in [0.15, 0.2) is 40.8 Å². The summed E-state index contributed by atoms with van der Waals surface area (Å²) in [4.78, 5) is 26.0. The van der Waals surface area contributed by atoms with Gasteiger partial charge in [-0.3, -0.25) is 9.59 Å². The highest BCUT2D eigenvalue weighted by atomic mass is 32.2. The van der Waals surface area contributed by atoms with Crippen molar-refractivity contribution >= 4 is 21.8 Å². The Morgan fingerprint density at radius 1 is 1.09 bits per heavy atom. The SMILES string of the molecule is Cc1ccc(S(=O)(=O)N2CCC(C(=O)N[C@@H](C(=O)NCCC3=CCCCC3)C(C)C)CC2)cc1. The molecule has 1 atom stereocenters. The molecule has 1 heterocycles. The van der Waals surface area contributed by atoms with Crippen LogP contribution in [0.5, 0.6) is 0 Å². The van der Waals surface area contributed by atoms with Crippen molar-refractivity contribution in [1.29, 1.82) is 0 Å². The smallest absolute Gasteiger partial charge is 0.243 e. The molecule has 2 aliphatic rings. The van der Waals surface area contributed by atoms with Gasteiger partial charge in [0.1, 0.15) is 6.04 Å². The Morgan fingerprint density at radius 3 is 2.35 bits per heavy atom. The lowest BCUT2D eigenvalue weighted by atomic mass is 9.95. The number of amides is 2. The molecule has 1 aromatic rings. The van der Waals surface area contributed by atoms with Crippen molar-refractivity contribution in [1.82, 2.24) is 14.9 Å². The molecule has 1 aliphatic heterocycles. The van der Waals surface area contributed by atoms with Gasteiger partial charge >= 0.3 is 0 Å². The molecule has 0 unspecified atom stereocenters. The molecule has 1 aliphatic carbocycles. The highest BCUT2D eigenvalue weighted by Gasteiger charge is 2.34. The molecular formula is C26H39N3O4S. The average molecular weight is 490 g/mol. The Labute approximate surface area is 204 Å². The minimum absolute atomic E-state index is 0.0418. The van der Waals surface area contributed by atoms with Gasteiger partial charge in [0, 0.05) is 25.6 Å². The van der Waals surface area contributed by atoms with E-state index in [9.17, 15) is 18.0 Å². The lowest BCUT2D eigenvalue weighted by Crippen LogP contribution is -2.52. The van der Waals surface area contributed by atoms with Crippen LogP contribution in [0.3, 0.4) is 0 Å². The Morgan fingerprint density at radius 2 is 1.76 bits per heavy atom. The average Bonchev–Trinajstić information content (AvgIpc) is 2.83. The zero-order valence-electron chi connectivity index (χ0n) is 20.7. The van der Waals surface area contributed by atoms with E-state index in [1.165, 1.54) is 22.7 Å². The molecule has 2 amide bonds.